The highest BCUT2D eigenvalue weighted by molar-refractivity contribution is 6.31. The molecule has 138 valence electrons. The van der Waals surface area contributed by atoms with E-state index >= 15 is 0 Å². The third-order valence-electron chi connectivity index (χ3n) is 4.03. The topological polar surface area (TPSA) is 50.4 Å². The second-order valence-electron chi connectivity index (χ2n) is 6.16. The lowest BCUT2D eigenvalue weighted by Crippen LogP contribution is -2.22. The number of amides is 1. The highest BCUT2D eigenvalue weighted by atomic mass is 35.5. The molecule has 0 atom stereocenters. The molecule has 0 saturated heterocycles. The average Bonchev–Trinajstić information content (AvgIpc) is 2.69. The van der Waals surface area contributed by atoms with Gasteiger partial charge in [0.15, 0.2) is 0 Å². The van der Waals surface area contributed by atoms with Crippen LogP contribution in [0, 0.1) is 6.92 Å². The van der Waals surface area contributed by atoms with Crippen molar-refractivity contribution in [2.24, 2.45) is 0 Å². The fraction of sp³-hybridized carbons (Fsp3) is 0.136. The first-order chi connectivity index (χ1) is 13.1. The Morgan fingerprint density at radius 2 is 1.74 bits per heavy atom. The van der Waals surface area contributed by atoms with E-state index in [9.17, 15) is 4.79 Å². The van der Waals surface area contributed by atoms with Gasteiger partial charge < -0.3 is 15.4 Å². The van der Waals surface area contributed by atoms with Gasteiger partial charge in [0.05, 0.1) is 6.54 Å². The molecule has 0 aliphatic heterocycles. The molecule has 0 unspecified atom stereocenters. The molecule has 0 aliphatic carbocycles. The van der Waals surface area contributed by atoms with Crippen molar-refractivity contribution < 1.29 is 9.53 Å². The predicted molar refractivity (Wildman–Crippen MR) is 111 cm³/mol. The monoisotopic (exact) mass is 380 g/mol. The van der Waals surface area contributed by atoms with Crippen molar-refractivity contribution in [3.63, 3.8) is 0 Å². The van der Waals surface area contributed by atoms with Crippen LogP contribution in [-0.4, -0.2) is 12.5 Å². The summed E-state index contributed by atoms with van der Waals surface area (Å²) in [6.45, 7) is 2.61. The molecule has 0 aliphatic rings. The van der Waals surface area contributed by atoms with Crippen molar-refractivity contribution in [3.8, 4) is 5.75 Å². The summed E-state index contributed by atoms with van der Waals surface area (Å²) in [5.74, 6) is 0.646. The number of nitrogens with one attached hydrogen (secondary N) is 2. The largest absolute Gasteiger partial charge is 0.489 e. The molecular weight excluding hydrogens is 360 g/mol. The van der Waals surface area contributed by atoms with Gasteiger partial charge in [0.1, 0.15) is 12.4 Å². The summed E-state index contributed by atoms with van der Waals surface area (Å²) in [6.07, 6.45) is 0. The van der Waals surface area contributed by atoms with Crippen molar-refractivity contribution in [3.05, 3.63) is 88.9 Å². The number of halogens is 1. The zero-order valence-corrected chi connectivity index (χ0v) is 15.8. The molecular formula is C22H21ClN2O2. The number of carbonyl (C=O) groups excluding carboxylic acids is 1. The van der Waals surface area contributed by atoms with Crippen LogP contribution in [0.3, 0.4) is 0 Å². The van der Waals surface area contributed by atoms with E-state index in [4.69, 9.17) is 16.3 Å². The zero-order chi connectivity index (χ0) is 19.1. The predicted octanol–water partition coefficient (Wildman–Crippen LogP) is 5.28. The summed E-state index contributed by atoms with van der Waals surface area (Å²) in [6, 6.07) is 23.0. The van der Waals surface area contributed by atoms with Crippen molar-refractivity contribution in [2.75, 3.05) is 17.2 Å². The Balaban J connectivity index is 1.48. The Hall–Kier alpha value is -2.98. The van der Waals surface area contributed by atoms with Gasteiger partial charge in [-0.1, -0.05) is 48.0 Å². The van der Waals surface area contributed by atoms with Crippen LogP contribution in [0.1, 0.15) is 11.1 Å². The van der Waals surface area contributed by atoms with Crippen LogP contribution in [-0.2, 0) is 11.4 Å². The minimum atomic E-state index is -0.134. The van der Waals surface area contributed by atoms with E-state index in [1.54, 1.807) is 12.1 Å². The summed E-state index contributed by atoms with van der Waals surface area (Å²) in [4.78, 5) is 12.1. The molecule has 0 aromatic heterocycles. The van der Waals surface area contributed by atoms with Gasteiger partial charge in [-0.25, -0.2) is 0 Å². The van der Waals surface area contributed by atoms with Gasteiger partial charge in [0.2, 0.25) is 5.91 Å². The van der Waals surface area contributed by atoms with E-state index in [0.29, 0.717) is 11.6 Å². The van der Waals surface area contributed by atoms with Crippen molar-refractivity contribution in [1.29, 1.82) is 0 Å². The van der Waals surface area contributed by atoms with E-state index in [1.165, 1.54) is 0 Å². The number of carbonyl (C=O) groups is 1. The molecule has 0 saturated carbocycles. The molecule has 27 heavy (non-hydrogen) atoms. The first kappa shape index (κ1) is 18.8. The summed E-state index contributed by atoms with van der Waals surface area (Å²) < 4.78 is 5.76. The second kappa shape index (κ2) is 9.10. The molecule has 2 N–H and O–H groups in total. The van der Waals surface area contributed by atoms with E-state index in [1.807, 2.05) is 67.6 Å². The molecule has 0 bridgehead atoms. The molecule has 1 amide bonds. The molecule has 5 heteroatoms. The van der Waals surface area contributed by atoms with E-state index in [-0.39, 0.29) is 12.5 Å². The number of hydrogen-bond donors (Lipinski definition) is 2. The fourth-order valence-corrected chi connectivity index (χ4v) is 2.69. The highest BCUT2D eigenvalue weighted by Gasteiger charge is 2.06. The summed E-state index contributed by atoms with van der Waals surface area (Å²) in [5.41, 5.74) is 3.65. The van der Waals surface area contributed by atoms with Crippen LogP contribution in [0.4, 0.5) is 11.4 Å². The molecule has 0 spiro atoms. The number of hydrogen-bond acceptors (Lipinski definition) is 3. The van der Waals surface area contributed by atoms with E-state index < -0.39 is 0 Å². The quantitative estimate of drug-likeness (QED) is 0.586. The highest BCUT2D eigenvalue weighted by Crippen LogP contribution is 2.20. The zero-order valence-electron chi connectivity index (χ0n) is 15.0. The Kier molecular flexibility index (Phi) is 6.34. The van der Waals surface area contributed by atoms with Crippen molar-refractivity contribution >= 4 is 28.9 Å². The van der Waals surface area contributed by atoms with Gasteiger partial charge in [0, 0.05) is 16.4 Å². The maximum atomic E-state index is 12.1. The van der Waals surface area contributed by atoms with Gasteiger partial charge in [0.25, 0.3) is 0 Å². The maximum absolute atomic E-state index is 12.1. The Morgan fingerprint density at radius 1 is 1.00 bits per heavy atom. The van der Waals surface area contributed by atoms with Crippen LogP contribution in [0.25, 0.3) is 0 Å². The SMILES string of the molecule is Cc1ccc(Cl)cc1NC(=O)CNc1ccc(OCc2ccccc2)cc1. The minimum absolute atomic E-state index is 0.134. The number of aryl methyl sites for hydroxylation is 1. The number of benzene rings is 3. The summed E-state index contributed by atoms with van der Waals surface area (Å²) in [7, 11) is 0. The minimum Gasteiger partial charge on any atom is -0.489 e. The summed E-state index contributed by atoms with van der Waals surface area (Å²) >= 11 is 5.97. The lowest BCUT2D eigenvalue weighted by Gasteiger charge is -2.11. The molecule has 0 fully saturated rings. The van der Waals surface area contributed by atoms with Crippen LogP contribution in [0.15, 0.2) is 72.8 Å². The molecule has 0 heterocycles. The first-order valence-corrected chi connectivity index (χ1v) is 9.04. The average molecular weight is 381 g/mol. The van der Waals surface area contributed by atoms with Gasteiger partial charge in [-0.3, -0.25) is 4.79 Å². The Morgan fingerprint density at radius 3 is 2.48 bits per heavy atom. The molecule has 3 rings (SSSR count). The smallest absolute Gasteiger partial charge is 0.243 e. The molecule has 3 aromatic rings. The van der Waals surface area contributed by atoms with Crippen LogP contribution < -0.4 is 15.4 Å². The van der Waals surface area contributed by atoms with Crippen LogP contribution in [0.2, 0.25) is 5.02 Å². The van der Waals surface area contributed by atoms with Gasteiger partial charge >= 0.3 is 0 Å². The second-order valence-corrected chi connectivity index (χ2v) is 6.60. The molecule has 0 radical (unpaired) electrons. The van der Waals surface area contributed by atoms with E-state index in [2.05, 4.69) is 10.6 Å². The number of rotatable bonds is 7. The molecule has 3 aromatic carbocycles. The van der Waals surface area contributed by atoms with E-state index in [0.717, 1.165) is 28.3 Å². The molecule has 4 nitrogen and oxygen atoms in total. The number of anilines is 2. The van der Waals surface area contributed by atoms with Gasteiger partial charge in [-0.2, -0.15) is 0 Å². The third-order valence-corrected chi connectivity index (χ3v) is 4.26. The van der Waals surface area contributed by atoms with Crippen molar-refractivity contribution in [2.45, 2.75) is 13.5 Å². The standard InChI is InChI=1S/C22H21ClN2O2/c1-16-7-8-18(23)13-21(16)25-22(26)14-24-19-9-11-20(12-10-19)27-15-17-5-3-2-4-6-17/h2-13,24H,14-15H2,1H3,(H,25,26). The maximum Gasteiger partial charge on any atom is 0.243 e. The lowest BCUT2D eigenvalue weighted by molar-refractivity contribution is -0.114. The van der Waals surface area contributed by atoms with Crippen LogP contribution >= 0.6 is 11.6 Å². The van der Waals surface area contributed by atoms with Gasteiger partial charge in [-0.15, -0.1) is 0 Å². The van der Waals surface area contributed by atoms with Gasteiger partial charge in [-0.05, 0) is 54.4 Å². The van der Waals surface area contributed by atoms with Crippen molar-refractivity contribution in [1.82, 2.24) is 0 Å². The summed E-state index contributed by atoms with van der Waals surface area (Å²) in [5, 5.41) is 6.55. The lowest BCUT2D eigenvalue weighted by atomic mass is 10.2. The normalized spacial score (nSPS) is 10.3. The Labute approximate surface area is 164 Å². The number of ether oxygens (including phenoxy) is 1. The third kappa shape index (κ3) is 5.76. The Bertz CT molecular complexity index is 896. The fourth-order valence-electron chi connectivity index (χ4n) is 2.52. The first-order valence-electron chi connectivity index (χ1n) is 8.67. The van der Waals surface area contributed by atoms with Crippen LogP contribution in [0.5, 0.6) is 5.75 Å².